The number of nitrogens with zero attached hydrogens (tertiary/aromatic N) is 5. The first-order valence-corrected chi connectivity index (χ1v) is 5.72. The first-order chi connectivity index (χ1) is 10.3. The summed E-state index contributed by atoms with van der Waals surface area (Å²) >= 11 is 0. The summed E-state index contributed by atoms with van der Waals surface area (Å²) in [6, 6.07) is 0. The number of alkyl halides is 8. The molecule has 0 N–H and O–H groups in total. The van der Waals surface area contributed by atoms with Crippen molar-refractivity contribution in [2.75, 3.05) is 0 Å². The maximum Gasteiger partial charge on any atom is 0.459 e. The molecule has 0 aliphatic rings. The minimum absolute atomic E-state index is 0.243. The van der Waals surface area contributed by atoms with Gasteiger partial charge in [0.1, 0.15) is 17.6 Å². The van der Waals surface area contributed by atoms with E-state index in [2.05, 4.69) is 15.2 Å². The molecule has 0 bridgehead atoms. The number of rotatable bonds is 2. The normalized spacial score (nSPS) is 13.7. The highest BCUT2D eigenvalue weighted by Gasteiger charge is 2.64. The molecule has 0 atom stereocenters. The highest BCUT2D eigenvalue weighted by atomic mass is 19.4. The van der Waals surface area contributed by atoms with Gasteiger partial charge in [0, 0.05) is 14.1 Å². The summed E-state index contributed by atoms with van der Waals surface area (Å²) < 4.78 is 105. The molecule has 0 aliphatic carbocycles. The Labute approximate surface area is 122 Å². The molecule has 0 unspecified atom stereocenters. The lowest BCUT2D eigenvalue weighted by Crippen LogP contribution is -2.36. The predicted molar refractivity (Wildman–Crippen MR) is 58.2 cm³/mol. The number of aromatic nitrogens is 5. The smallest absolute Gasteiger partial charge is 0.263 e. The average molecular weight is 349 g/mol. The van der Waals surface area contributed by atoms with Gasteiger partial charge in [0.15, 0.2) is 11.5 Å². The molecule has 0 amide bonds. The molecule has 5 nitrogen and oxygen atoms in total. The van der Waals surface area contributed by atoms with E-state index in [0.717, 1.165) is 18.1 Å². The van der Waals surface area contributed by atoms with Crippen molar-refractivity contribution < 1.29 is 35.1 Å². The zero-order valence-electron chi connectivity index (χ0n) is 11.3. The molecule has 2 aromatic heterocycles. The summed E-state index contributed by atoms with van der Waals surface area (Å²) in [5, 5.41) is 6.23. The molecule has 128 valence electrons. The van der Waals surface area contributed by atoms with E-state index in [0.29, 0.717) is 0 Å². The second-order valence-electron chi connectivity index (χ2n) is 4.51. The van der Waals surface area contributed by atoms with E-state index in [1.165, 1.54) is 7.05 Å². The van der Waals surface area contributed by atoms with Crippen LogP contribution >= 0.6 is 0 Å². The van der Waals surface area contributed by atoms with Crippen LogP contribution in [-0.4, -0.2) is 30.7 Å². The molecule has 2 heterocycles. The van der Waals surface area contributed by atoms with Crippen molar-refractivity contribution >= 4 is 0 Å². The fourth-order valence-corrected chi connectivity index (χ4v) is 1.85. The molecule has 0 aromatic carbocycles. The maximum absolute atomic E-state index is 13.4. The van der Waals surface area contributed by atoms with Crippen molar-refractivity contribution in [3.63, 3.8) is 0 Å². The molecule has 0 aliphatic heterocycles. The van der Waals surface area contributed by atoms with Crippen molar-refractivity contribution in [1.82, 2.24) is 24.5 Å². The zero-order valence-corrected chi connectivity index (χ0v) is 11.3. The quantitative estimate of drug-likeness (QED) is 0.784. The van der Waals surface area contributed by atoms with Crippen molar-refractivity contribution in [3.8, 4) is 11.5 Å². The fraction of sp³-hybridized carbons (Fsp3) is 0.500. The Morgan fingerprint density at radius 2 is 1.48 bits per heavy atom. The Morgan fingerprint density at radius 1 is 0.913 bits per heavy atom. The third kappa shape index (κ3) is 2.74. The van der Waals surface area contributed by atoms with E-state index in [9.17, 15) is 35.1 Å². The summed E-state index contributed by atoms with van der Waals surface area (Å²) in [5.41, 5.74) is -5.76. The van der Waals surface area contributed by atoms with Crippen molar-refractivity contribution in [2.45, 2.75) is 18.3 Å². The Hall–Kier alpha value is -2.21. The lowest BCUT2D eigenvalue weighted by molar-refractivity contribution is -0.292. The van der Waals surface area contributed by atoms with E-state index >= 15 is 0 Å². The van der Waals surface area contributed by atoms with E-state index in [4.69, 9.17) is 0 Å². The van der Waals surface area contributed by atoms with Gasteiger partial charge in [0.2, 0.25) is 0 Å². The molecule has 0 spiro atoms. The van der Waals surface area contributed by atoms with E-state index in [1.807, 2.05) is 0 Å². The predicted octanol–water partition coefficient (Wildman–Crippen LogP) is 2.89. The second kappa shape index (κ2) is 4.89. The summed E-state index contributed by atoms with van der Waals surface area (Å²) in [6.07, 6.45) is -10.8. The van der Waals surface area contributed by atoms with Gasteiger partial charge in [-0.25, -0.2) is 4.98 Å². The Bertz CT molecular complexity index is 723. The van der Waals surface area contributed by atoms with Crippen LogP contribution in [0.5, 0.6) is 0 Å². The number of aryl methyl sites for hydroxylation is 2. The van der Waals surface area contributed by atoms with E-state index in [1.54, 1.807) is 0 Å². The van der Waals surface area contributed by atoms with Crippen molar-refractivity contribution in [2.24, 2.45) is 14.1 Å². The minimum Gasteiger partial charge on any atom is -0.263 e. The maximum atomic E-state index is 13.4. The Balaban J connectivity index is 2.82. The van der Waals surface area contributed by atoms with Crippen LogP contribution in [-0.2, 0) is 26.2 Å². The van der Waals surface area contributed by atoms with E-state index < -0.39 is 41.1 Å². The van der Waals surface area contributed by atoms with Crippen LogP contribution in [0.25, 0.3) is 11.5 Å². The molecule has 0 fully saturated rings. The molecule has 13 heteroatoms. The van der Waals surface area contributed by atoms with Crippen LogP contribution in [0.4, 0.5) is 35.1 Å². The average Bonchev–Trinajstić information content (AvgIpc) is 2.90. The second-order valence-corrected chi connectivity index (χ2v) is 4.51. The third-order valence-corrected chi connectivity index (χ3v) is 2.80. The topological polar surface area (TPSA) is 48.5 Å². The molecular weight excluding hydrogens is 342 g/mol. The number of hydrogen-bond donors (Lipinski definition) is 0. The first kappa shape index (κ1) is 17.1. The third-order valence-electron chi connectivity index (χ3n) is 2.80. The van der Waals surface area contributed by atoms with Gasteiger partial charge in [0.05, 0.1) is 0 Å². The van der Waals surface area contributed by atoms with Crippen LogP contribution in [0.1, 0.15) is 11.3 Å². The molecular formula is C10H7F8N5. The van der Waals surface area contributed by atoms with Crippen LogP contribution in [0, 0.1) is 0 Å². The van der Waals surface area contributed by atoms with Gasteiger partial charge < -0.3 is 0 Å². The molecule has 0 saturated carbocycles. The molecule has 2 aromatic rings. The monoisotopic (exact) mass is 349 g/mol. The summed E-state index contributed by atoms with van der Waals surface area (Å²) in [5.74, 6) is -6.47. The lowest BCUT2D eigenvalue weighted by atomic mass is 10.1. The van der Waals surface area contributed by atoms with E-state index in [-0.39, 0.29) is 4.68 Å². The van der Waals surface area contributed by atoms with Gasteiger partial charge in [-0.05, 0) is 0 Å². The molecule has 23 heavy (non-hydrogen) atoms. The van der Waals surface area contributed by atoms with Crippen molar-refractivity contribution in [3.05, 3.63) is 17.6 Å². The molecule has 2 rings (SSSR count). The molecule has 0 saturated heterocycles. The van der Waals surface area contributed by atoms with Gasteiger partial charge in [-0.1, -0.05) is 0 Å². The number of halogens is 8. The first-order valence-electron chi connectivity index (χ1n) is 5.72. The van der Waals surface area contributed by atoms with Crippen LogP contribution in [0.2, 0.25) is 0 Å². The highest BCUT2D eigenvalue weighted by molar-refractivity contribution is 5.58. The highest BCUT2D eigenvalue weighted by Crippen LogP contribution is 2.49. The molecule has 0 radical (unpaired) electrons. The standard InChI is InChI=1S/C10H7F8N5/c1-22-3-19-7(21-22)5-4(9(13,14)15)6(20-23(5)2)8(11,12)10(16,17)18/h3H,1-2H3. The summed E-state index contributed by atoms with van der Waals surface area (Å²) in [6.45, 7) is 0. The van der Waals surface area contributed by atoms with Crippen molar-refractivity contribution in [1.29, 1.82) is 0 Å². The van der Waals surface area contributed by atoms with Gasteiger partial charge in [-0.2, -0.15) is 40.2 Å². The van der Waals surface area contributed by atoms with Gasteiger partial charge in [-0.15, -0.1) is 5.10 Å². The SMILES string of the molecule is Cn1cnc(-c2c(C(F)(F)F)c(C(F)(F)C(F)(F)F)nn2C)n1. The van der Waals surface area contributed by atoms with Crippen LogP contribution in [0.15, 0.2) is 6.33 Å². The Kier molecular flexibility index (Phi) is 3.65. The lowest BCUT2D eigenvalue weighted by Gasteiger charge is -2.19. The van der Waals surface area contributed by atoms with Gasteiger partial charge >= 0.3 is 18.3 Å². The zero-order chi connectivity index (χ0) is 17.8. The van der Waals surface area contributed by atoms with Crippen LogP contribution in [0.3, 0.4) is 0 Å². The fourth-order valence-electron chi connectivity index (χ4n) is 1.85. The Morgan fingerprint density at radius 3 is 1.87 bits per heavy atom. The van der Waals surface area contributed by atoms with Gasteiger partial charge in [0.25, 0.3) is 0 Å². The summed E-state index contributed by atoms with van der Waals surface area (Å²) in [7, 11) is 2.07. The largest absolute Gasteiger partial charge is 0.459 e. The van der Waals surface area contributed by atoms with Crippen LogP contribution < -0.4 is 0 Å². The summed E-state index contributed by atoms with van der Waals surface area (Å²) in [4.78, 5) is 3.44. The van der Waals surface area contributed by atoms with Gasteiger partial charge in [-0.3, -0.25) is 9.36 Å². The number of hydrogen-bond acceptors (Lipinski definition) is 3. The minimum atomic E-state index is -6.24.